The Hall–Kier alpha value is -1.43. The standard InChI is InChI=1S/C17H19N3OS.ClH/c18-15-12-2-1-11(9-12)14(15)16(21)20-13-5-3-10(4-6-13)17-19-7-8-22-17;/h3-8,11-12,14-15H,1-2,9,18H2,(H,20,21);1H. The predicted octanol–water partition coefficient (Wildman–Crippen LogP) is 3.54. The summed E-state index contributed by atoms with van der Waals surface area (Å²) in [6, 6.07) is 7.90. The van der Waals surface area contributed by atoms with Crippen molar-refractivity contribution in [1.82, 2.24) is 4.98 Å². The zero-order valence-electron chi connectivity index (χ0n) is 12.6. The summed E-state index contributed by atoms with van der Waals surface area (Å²) in [7, 11) is 0. The predicted molar refractivity (Wildman–Crippen MR) is 95.7 cm³/mol. The molecule has 23 heavy (non-hydrogen) atoms. The van der Waals surface area contributed by atoms with E-state index in [0.29, 0.717) is 11.8 Å². The molecule has 1 amide bonds. The van der Waals surface area contributed by atoms with Gasteiger partial charge >= 0.3 is 0 Å². The molecule has 2 aliphatic carbocycles. The van der Waals surface area contributed by atoms with Crippen molar-refractivity contribution < 1.29 is 4.79 Å². The molecule has 0 spiro atoms. The number of nitrogens with one attached hydrogen (secondary N) is 1. The molecular formula is C17H20ClN3OS. The molecule has 2 aliphatic rings. The van der Waals surface area contributed by atoms with Crippen LogP contribution >= 0.6 is 23.7 Å². The van der Waals surface area contributed by atoms with Crippen LogP contribution in [0.3, 0.4) is 0 Å². The number of anilines is 1. The third kappa shape index (κ3) is 3.01. The molecule has 0 aliphatic heterocycles. The van der Waals surface area contributed by atoms with Gasteiger partial charge in [-0.2, -0.15) is 0 Å². The average molecular weight is 350 g/mol. The van der Waals surface area contributed by atoms with Crippen molar-refractivity contribution in [3.63, 3.8) is 0 Å². The number of benzene rings is 1. The lowest BCUT2D eigenvalue weighted by atomic mass is 9.84. The first-order valence-corrected chi connectivity index (χ1v) is 8.67. The fraction of sp³-hybridized carbons (Fsp3) is 0.412. The number of halogens is 1. The Bertz CT molecular complexity index is 672. The van der Waals surface area contributed by atoms with E-state index in [-0.39, 0.29) is 30.3 Å². The summed E-state index contributed by atoms with van der Waals surface area (Å²) in [5, 5.41) is 5.99. The second-order valence-corrected chi connectivity index (χ2v) is 7.23. The van der Waals surface area contributed by atoms with Gasteiger partial charge in [0.15, 0.2) is 0 Å². The SMILES string of the molecule is Cl.NC1C2CCC(C2)C1C(=O)Nc1ccc(-c2nccs2)cc1. The summed E-state index contributed by atoms with van der Waals surface area (Å²) in [5.41, 5.74) is 8.15. The minimum absolute atomic E-state index is 0. The smallest absolute Gasteiger partial charge is 0.229 e. The number of hydrogen-bond acceptors (Lipinski definition) is 4. The van der Waals surface area contributed by atoms with Gasteiger partial charge in [-0.05, 0) is 55.4 Å². The number of rotatable bonds is 3. The highest BCUT2D eigenvalue weighted by molar-refractivity contribution is 7.13. The summed E-state index contributed by atoms with van der Waals surface area (Å²) >= 11 is 1.61. The first-order chi connectivity index (χ1) is 10.7. The van der Waals surface area contributed by atoms with Crippen molar-refractivity contribution in [3.05, 3.63) is 35.8 Å². The van der Waals surface area contributed by atoms with E-state index >= 15 is 0 Å². The number of thiazole rings is 1. The first kappa shape index (κ1) is 16.4. The topological polar surface area (TPSA) is 68.0 Å². The Morgan fingerprint density at radius 1 is 1.22 bits per heavy atom. The molecule has 2 fully saturated rings. The number of hydrogen-bond donors (Lipinski definition) is 2. The second kappa shape index (κ2) is 6.59. The number of carbonyl (C=O) groups is 1. The highest BCUT2D eigenvalue weighted by Crippen LogP contribution is 2.47. The highest BCUT2D eigenvalue weighted by Gasteiger charge is 2.49. The van der Waals surface area contributed by atoms with Crippen molar-refractivity contribution in [2.75, 3.05) is 5.32 Å². The van der Waals surface area contributed by atoms with Gasteiger partial charge in [0, 0.05) is 28.9 Å². The molecule has 4 rings (SSSR count). The number of nitrogens with two attached hydrogens (primary N) is 1. The van der Waals surface area contributed by atoms with E-state index < -0.39 is 0 Å². The van der Waals surface area contributed by atoms with Gasteiger partial charge in [-0.3, -0.25) is 4.79 Å². The van der Waals surface area contributed by atoms with Gasteiger partial charge in [0.05, 0.1) is 5.92 Å². The van der Waals surface area contributed by atoms with Crippen molar-refractivity contribution >= 4 is 35.3 Å². The molecule has 6 heteroatoms. The molecule has 0 radical (unpaired) electrons. The third-order valence-electron chi connectivity index (χ3n) is 5.12. The van der Waals surface area contributed by atoms with Crippen LogP contribution in [0, 0.1) is 17.8 Å². The molecular weight excluding hydrogens is 330 g/mol. The van der Waals surface area contributed by atoms with Crippen LogP contribution in [0.15, 0.2) is 35.8 Å². The van der Waals surface area contributed by atoms with E-state index in [0.717, 1.165) is 29.1 Å². The normalized spacial score (nSPS) is 28.4. The van der Waals surface area contributed by atoms with Crippen LogP contribution in [0.1, 0.15) is 19.3 Å². The Balaban J connectivity index is 0.00000156. The molecule has 0 saturated heterocycles. The molecule has 122 valence electrons. The van der Waals surface area contributed by atoms with Gasteiger partial charge in [0.2, 0.25) is 5.91 Å². The Labute approximate surface area is 145 Å². The van der Waals surface area contributed by atoms with Crippen molar-refractivity contribution in [1.29, 1.82) is 0 Å². The van der Waals surface area contributed by atoms with Crippen LogP contribution in [0.5, 0.6) is 0 Å². The zero-order valence-corrected chi connectivity index (χ0v) is 14.3. The second-order valence-electron chi connectivity index (χ2n) is 6.34. The lowest BCUT2D eigenvalue weighted by molar-refractivity contribution is -0.121. The van der Waals surface area contributed by atoms with Crippen molar-refractivity contribution in [3.8, 4) is 10.6 Å². The molecule has 1 aromatic heterocycles. The lowest BCUT2D eigenvalue weighted by Crippen LogP contribution is -2.42. The fourth-order valence-electron chi connectivity index (χ4n) is 4.01. The highest BCUT2D eigenvalue weighted by atomic mass is 35.5. The van der Waals surface area contributed by atoms with Crippen LogP contribution in [0.25, 0.3) is 10.6 Å². The molecule has 2 aromatic rings. The van der Waals surface area contributed by atoms with Crippen molar-refractivity contribution in [2.45, 2.75) is 25.3 Å². The quantitative estimate of drug-likeness (QED) is 0.890. The van der Waals surface area contributed by atoms with Crippen LogP contribution in [-0.4, -0.2) is 16.9 Å². The lowest BCUT2D eigenvalue weighted by Gasteiger charge is -2.27. The average Bonchev–Trinajstić information content (AvgIpc) is 3.25. The van der Waals surface area contributed by atoms with E-state index in [1.807, 2.05) is 29.6 Å². The zero-order chi connectivity index (χ0) is 15.1. The monoisotopic (exact) mass is 349 g/mol. The van der Waals surface area contributed by atoms with Crippen LogP contribution in [-0.2, 0) is 4.79 Å². The van der Waals surface area contributed by atoms with E-state index in [1.165, 1.54) is 6.42 Å². The fourth-order valence-corrected chi connectivity index (χ4v) is 4.66. The van der Waals surface area contributed by atoms with Crippen LogP contribution in [0.2, 0.25) is 0 Å². The number of aromatic nitrogens is 1. The molecule has 3 N–H and O–H groups in total. The Morgan fingerprint density at radius 3 is 2.57 bits per heavy atom. The molecule has 2 saturated carbocycles. The van der Waals surface area contributed by atoms with Crippen molar-refractivity contribution in [2.24, 2.45) is 23.5 Å². The van der Waals surface area contributed by atoms with Gasteiger partial charge in [0.25, 0.3) is 0 Å². The van der Waals surface area contributed by atoms with Gasteiger partial charge in [-0.25, -0.2) is 4.98 Å². The number of fused-ring (bicyclic) bond motifs is 2. The van der Waals surface area contributed by atoms with Gasteiger partial charge in [-0.15, -0.1) is 23.7 Å². The van der Waals surface area contributed by atoms with E-state index in [9.17, 15) is 4.79 Å². The Kier molecular flexibility index (Phi) is 4.71. The minimum Gasteiger partial charge on any atom is -0.327 e. The summed E-state index contributed by atoms with van der Waals surface area (Å²) in [5.74, 6) is 1.10. The maximum Gasteiger partial charge on any atom is 0.229 e. The maximum atomic E-state index is 12.5. The van der Waals surface area contributed by atoms with Crippen LogP contribution in [0.4, 0.5) is 5.69 Å². The third-order valence-corrected chi connectivity index (χ3v) is 5.94. The largest absolute Gasteiger partial charge is 0.327 e. The summed E-state index contributed by atoms with van der Waals surface area (Å²) in [6.07, 6.45) is 5.27. The molecule has 1 heterocycles. The molecule has 4 nitrogen and oxygen atoms in total. The summed E-state index contributed by atoms with van der Waals surface area (Å²) in [6.45, 7) is 0. The van der Waals surface area contributed by atoms with E-state index in [1.54, 1.807) is 17.5 Å². The van der Waals surface area contributed by atoms with Crippen LogP contribution < -0.4 is 11.1 Å². The van der Waals surface area contributed by atoms with E-state index in [4.69, 9.17) is 5.73 Å². The Morgan fingerprint density at radius 2 is 1.96 bits per heavy atom. The molecule has 4 atom stereocenters. The first-order valence-electron chi connectivity index (χ1n) is 7.79. The van der Waals surface area contributed by atoms with Gasteiger partial charge in [-0.1, -0.05) is 0 Å². The van der Waals surface area contributed by atoms with E-state index in [2.05, 4.69) is 10.3 Å². The van der Waals surface area contributed by atoms with Gasteiger partial charge < -0.3 is 11.1 Å². The molecule has 1 aromatic carbocycles. The van der Waals surface area contributed by atoms with Gasteiger partial charge in [0.1, 0.15) is 5.01 Å². The molecule has 4 unspecified atom stereocenters. The summed E-state index contributed by atoms with van der Waals surface area (Å²) in [4.78, 5) is 16.8. The number of carbonyl (C=O) groups excluding carboxylic acids is 1. The number of amides is 1. The minimum atomic E-state index is -0.0163. The molecule has 2 bridgehead atoms. The maximum absolute atomic E-state index is 12.5. The summed E-state index contributed by atoms with van der Waals surface area (Å²) < 4.78 is 0. The number of nitrogens with zero attached hydrogens (tertiary/aromatic N) is 1.